The van der Waals surface area contributed by atoms with Crippen LogP contribution in [0, 0.1) is 0 Å². The van der Waals surface area contributed by atoms with Crippen molar-refractivity contribution in [2.45, 2.75) is 6.61 Å². The van der Waals surface area contributed by atoms with E-state index in [-0.39, 0.29) is 5.91 Å². The molecule has 0 atom stereocenters. The van der Waals surface area contributed by atoms with Crippen LogP contribution in [0.5, 0.6) is 5.75 Å². The Morgan fingerprint density at radius 3 is 2.87 bits per heavy atom. The molecule has 2 N–H and O–H groups in total. The minimum Gasteiger partial charge on any atom is -0.487 e. The van der Waals surface area contributed by atoms with Gasteiger partial charge in [-0.2, -0.15) is 5.10 Å². The van der Waals surface area contributed by atoms with Crippen molar-refractivity contribution in [2.24, 2.45) is 0 Å². The molecule has 0 aliphatic heterocycles. The predicted octanol–water partition coefficient (Wildman–Crippen LogP) is 3.89. The van der Waals surface area contributed by atoms with Gasteiger partial charge in [0.15, 0.2) is 0 Å². The van der Waals surface area contributed by atoms with Gasteiger partial charge < -0.3 is 10.1 Å². The number of aromatic amines is 1. The van der Waals surface area contributed by atoms with Gasteiger partial charge in [-0.3, -0.25) is 9.89 Å². The summed E-state index contributed by atoms with van der Waals surface area (Å²) >= 11 is 6.05. The summed E-state index contributed by atoms with van der Waals surface area (Å²) in [5.41, 5.74) is 2.05. The fourth-order valence-electron chi connectivity index (χ4n) is 2.05. The van der Waals surface area contributed by atoms with E-state index in [4.69, 9.17) is 16.3 Å². The Hall–Kier alpha value is -2.79. The second-order valence-electron chi connectivity index (χ2n) is 4.86. The molecule has 0 radical (unpaired) electrons. The molecule has 1 amide bonds. The highest BCUT2D eigenvalue weighted by molar-refractivity contribution is 6.32. The third kappa shape index (κ3) is 3.90. The van der Waals surface area contributed by atoms with Crippen molar-refractivity contribution in [1.82, 2.24) is 10.2 Å². The van der Waals surface area contributed by atoms with Gasteiger partial charge in [0.2, 0.25) is 0 Å². The van der Waals surface area contributed by atoms with E-state index in [9.17, 15) is 4.79 Å². The number of carbonyl (C=O) groups is 1. The van der Waals surface area contributed by atoms with E-state index in [2.05, 4.69) is 15.5 Å². The van der Waals surface area contributed by atoms with Crippen LogP contribution >= 0.6 is 11.6 Å². The maximum Gasteiger partial charge on any atom is 0.255 e. The standard InChI is InChI=1S/C17H14ClN3O2/c18-15-6-1-2-7-16(15)23-11-12-4-3-5-13(8-12)17(22)21-14-9-19-20-10-14/h1-10H,11H2,(H,19,20)(H,21,22). The fraction of sp³-hybridized carbons (Fsp3) is 0.0588. The molecule has 3 rings (SSSR count). The first-order chi connectivity index (χ1) is 11.2. The molecular formula is C17H14ClN3O2. The fourth-order valence-corrected chi connectivity index (χ4v) is 2.24. The van der Waals surface area contributed by atoms with Crippen LogP contribution in [0.2, 0.25) is 5.02 Å². The van der Waals surface area contributed by atoms with Gasteiger partial charge in [0.25, 0.3) is 5.91 Å². The Bertz CT molecular complexity index is 803. The molecule has 116 valence electrons. The Balaban J connectivity index is 1.67. The number of H-pyrrole nitrogens is 1. The normalized spacial score (nSPS) is 10.3. The Labute approximate surface area is 138 Å². The molecule has 0 saturated carbocycles. The van der Waals surface area contributed by atoms with E-state index in [1.54, 1.807) is 36.7 Å². The number of aromatic nitrogens is 2. The number of hydrogen-bond acceptors (Lipinski definition) is 3. The van der Waals surface area contributed by atoms with Gasteiger partial charge in [-0.1, -0.05) is 35.9 Å². The van der Waals surface area contributed by atoms with Gasteiger partial charge in [-0.15, -0.1) is 0 Å². The van der Waals surface area contributed by atoms with E-state index in [0.29, 0.717) is 28.6 Å². The maximum absolute atomic E-state index is 12.2. The van der Waals surface area contributed by atoms with Crippen molar-refractivity contribution < 1.29 is 9.53 Å². The van der Waals surface area contributed by atoms with Crippen molar-refractivity contribution in [3.05, 3.63) is 77.1 Å². The van der Waals surface area contributed by atoms with Crippen LogP contribution in [0.1, 0.15) is 15.9 Å². The molecule has 0 saturated heterocycles. The highest BCUT2D eigenvalue weighted by Gasteiger charge is 2.08. The summed E-state index contributed by atoms with van der Waals surface area (Å²) in [5.74, 6) is 0.411. The number of para-hydroxylation sites is 1. The summed E-state index contributed by atoms with van der Waals surface area (Å²) in [4.78, 5) is 12.2. The summed E-state index contributed by atoms with van der Waals surface area (Å²) in [6, 6.07) is 14.5. The van der Waals surface area contributed by atoms with Gasteiger partial charge in [0.05, 0.1) is 16.9 Å². The van der Waals surface area contributed by atoms with Crippen molar-refractivity contribution in [2.75, 3.05) is 5.32 Å². The summed E-state index contributed by atoms with van der Waals surface area (Å²) in [6.45, 7) is 0.330. The summed E-state index contributed by atoms with van der Waals surface area (Å²) in [7, 11) is 0. The number of hydrogen-bond donors (Lipinski definition) is 2. The van der Waals surface area contributed by atoms with Crippen molar-refractivity contribution in [1.29, 1.82) is 0 Å². The molecular weight excluding hydrogens is 314 g/mol. The zero-order valence-electron chi connectivity index (χ0n) is 12.1. The summed E-state index contributed by atoms with van der Waals surface area (Å²) in [6.07, 6.45) is 3.16. The van der Waals surface area contributed by atoms with Gasteiger partial charge in [-0.05, 0) is 29.8 Å². The van der Waals surface area contributed by atoms with Gasteiger partial charge in [0.1, 0.15) is 12.4 Å². The lowest BCUT2D eigenvalue weighted by atomic mass is 10.1. The van der Waals surface area contributed by atoms with Gasteiger partial charge in [0, 0.05) is 11.8 Å². The number of benzene rings is 2. The van der Waals surface area contributed by atoms with Gasteiger partial charge >= 0.3 is 0 Å². The number of anilines is 1. The third-order valence-corrected chi connectivity index (χ3v) is 3.49. The Morgan fingerprint density at radius 1 is 1.22 bits per heavy atom. The van der Waals surface area contributed by atoms with Crippen LogP contribution in [-0.4, -0.2) is 16.1 Å². The smallest absolute Gasteiger partial charge is 0.255 e. The molecule has 0 aliphatic rings. The molecule has 0 spiro atoms. The molecule has 1 heterocycles. The average molecular weight is 328 g/mol. The van der Waals surface area contributed by atoms with E-state index < -0.39 is 0 Å². The SMILES string of the molecule is O=C(Nc1cn[nH]c1)c1cccc(COc2ccccc2Cl)c1. The number of carbonyl (C=O) groups excluding carboxylic acids is 1. The molecule has 0 fully saturated rings. The zero-order chi connectivity index (χ0) is 16.1. The van der Waals surface area contributed by atoms with Crippen molar-refractivity contribution in [3.63, 3.8) is 0 Å². The number of amides is 1. The Morgan fingerprint density at radius 2 is 2.09 bits per heavy atom. The van der Waals surface area contributed by atoms with Crippen LogP contribution in [0.3, 0.4) is 0 Å². The van der Waals surface area contributed by atoms with Crippen molar-refractivity contribution in [3.8, 4) is 5.75 Å². The predicted molar refractivity (Wildman–Crippen MR) is 88.8 cm³/mol. The summed E-state index contributed by atoms with van der Waals surface area (Å²) in [5, 5.41) is 9.74. The molecule has 0 bridgehead atoms. The van der Waals surface area contributed by atoms with Crippen LogP contribution in [0.4, 0.5) is 5.69 Å². The highest BCUT2D eigenvalue weighted by atomic mass is 35.5. The van der Waals surface area contributed by atoms with E-state index in [1.807, 2.05) is 24.3 Å². The van der Waals surface area contributed by atoms with E-state index in [1.165, 1.54) is 0 Å². The first-order valence-electron chi connectivity index (χ1n) is 6.99. The number of rotatable bonds is 5. The largest absolute Gasteiger partial charge is 0.487 e. The summed E-state index contributed by atoms with van der Waals surface area (Å²) < 4.78 is 5.68. The van der Waals surface area contributed by atoms with Crippen molar-refractivity contribution >= 4 is 23.2 Å². The molecule has 1 aromatic heterocycles. The van der Waals surface area contributed by atoms with Gasteiger partial charge in [-0.25, -0.2) is 0 Å². The number of nitrogens with one attached hydrogen (secondary N) is 2. The second kappa shape index (κ2) is 6.98. The highest BCUT2D eigenvalue weighted by Crippen LogP contribution is 2.24. The second-order valence-corrected chi connectivity index (χ2v) is 5.27. The van der Waals surface area contributed by atoms with Crippen LogP contribution in [0.15, 0.2) is 60.9 Å². The number of nitrogens with zero attached hydrogens (tertiary/aromatic N) is 1. The minimum absolute atomic E-state index is 0.203. The van der Waals surface area contributed by atoms with Crippen LogP contribution < -0.4 is 10.1 Å². The first-order valence-corrected chi connectivity index (χ1v) is 7.36. The van der Waals surface area contributed by atoms with Crippen LogP contribution in [0.25, 0.3) is 0 Å². The van der Waals surface area contributed by atoms with E-state index >= 15 is 0 Å². The monoisotopic (exact) mass is 327 g/mol. The molecule has 5 nitrogen and oxygen atoms in total. The molecule has 0 unspecified atom stereocenters. The molecule has 2 aromatic carbocycles. The Kier molecular flexibility index (Phi) is 4.59. The lowest BCUT2D eigenvalue weighted by Crippen LogP contribution is -2.11. The van der Waals surface area contributed by atoms with E-state index in [0.717, 1.165) is 5.56 Å². The molecule has 0 aliphatic carbocycles. The average Bonchev–Trinajstić information content (AvgIpc) is 3.07. The third-order valence-electron chi connectivity index (χ3n) is 3.18. The quantitative estimate of drug-likeness (QED) is 0.747. The minimum atomic E-state index is -0.203. The first kappa shape index (κ1) is 15.1. The zero-order valence-corrected chi connectivity index (χ0v) is 12.9. The number of halogens is 1. The topological polar surface area (TPSA) is 67.0 Å². The lowest BCUT2D eigenvalue weighted by Gasteiger charge is -2.09. The number of ether oxygens (including phenoxy) is 1. The molecule has 3 aromatic rings. The maximum atomic E-state index is 12.2. The lowest BCUT2D eigenvalue weighted by molar-refractivity contribution is 0.102. The molecule has 23 heavy (non-hydrogen) atoms. The molecule has 6 heteroatoms. The van der Waals surface area contributed by atoms with Crippen LogP contribution in [-0.2, 0) is 6.61 Å².